The van der Waals surface area contributed by atoms with Crippen LogP contribution < -0.4 is 5.32 Å². The average Bonchev–Trinajstić information content (AvgIpc) is 2.53. The monoisotopic (exact) mass is 301 g/mol. The van der Waals surface area contributed by atoms with Crippen molar-refractivity contribution in [1.29, 1.82) is 0 Å². The Morgan fingerprint density at radius 2 is 1.91 bits per heavy atom. The molecule has 0 radical (unpaired) electrons. The number of halogens is 1. The van der Waals surface area contributed by atoms with Gasteiger partial charge in [-0.2, -0.15) is 0 Å². The van der Waals surface area contributed by atoms with Crippen LogP contribution in [0.4, 0.5) is 4.39 Å². The summed E-state index contributed by atoms with van der Waals surface area (Å²) in [4.78, 5) is 12.1. The number of benzene rings is 2. The van der Waals surface area contributed by atoms with Crippen molar-refractivity contribution in [2.45, 2.75) is 25.4 Å². The van der Waals surface area contributed by atoms with Crippen LogP contribution in [0.1, 0.15) is 24.0 Å². The van der Waals surface area contributed by atoms with Crippen LogP contribution in [0.2, 0.25) is 0 Å². The number of rotatable bonds is 6. The Kier molecular flexibility index (Phi) is 5.67. The van der Waals surface area contributed by atoms with Crippen LogP contribution in [0.5, 0.6) is 0 Å². The summed E-state index contributed by atoms with van der Waals surface area (Å²) in [5, 5.41) is 12.7. The zero-order valence-corrected chi connectivity index (χ0v) is 12.5. The Hall–Kier alpha value is -2.20. The SMILES string of the molecule is CC(C(=O)NCC(O)Cc1ccccc1)c1cccc(F)c1. The van der Waals surface area contributed by atoms with E-state index in [0.717, 1.165) is 5.56 Å². The first-order valence-corrected chi connectivity index (χ1v) is 7.31. The van der Waals surface area contributed by atoms with E-state index in [1.165, 1.54) is 12.1 Å². The van der Waals surface area contributed by atoms with Crippen molar-refractivity contribution < 1.29 is 14.3 Å². The molecule has 0 heterocycles. The molecule has 0 bridgehead atoms. The molecule has 0 saturated heterocycles. The summed E-state index contributed by atoms with van der Waals surface area (Å²) < 4.78 is 13.2. The fraction of sp³-hybridized carbons (Fsp3) is 0.278. The minimum absolute atomic E-state index is 0.174. The second-order valence-electron chi connectivity index (χ2n) is 5.37. The average molecular weight is 301 g/mol. The Labute approximate surface area is 129 Å². The van der Waals surface area contributed by atoms with Crippen molar-refractivity contribution in [2.75, 3.05) is 6.54 Å². The molecule has 3 nitrogen and oxygen atoms in total. The summed E-state index contributed by atoms with van der Waals surface area (Å²) in [6, 6.07) is 15.6. The first-order valence-electron chi connectivity index (χ1n) is 7.31. The predicted molar refractivity (Wildman–Crippen MR) is 84.0 cm³/mol. The third-order valence-electron chi connectivity index (χ3n) is 3.57. The van der Waals surface area contributed by atoms with Gasteiger partial charge in [0, 0.05) is 13.0 Å². The molecule has 0 spiro atoms. The van der Waals surface area contributed by atoms with E-state index in [1.54, 1.807) is 19.1 Å². The van der Waals surface area contributed by atoms with Gasteiger partial charge in [0.15, 0.2) is 0 Å². The molecule has 2 unspecified atom stereocenters. The number of aliphatic hydroxyl groups excluding tert-OH is 1. The van der Waals surface area contributed by atoms with Crippen LogP contribution in [0.25, 0.3) is 0 Å². The number of aliphatic hydroxyl groups is 1. The van der Waals surface area contributed by atoms with E-state index in [2.05, 4.69) is 5.32 Å². The summed E-state index contributed by atoms with van der Waals surface area (Å²) in [5.74, 6) is -1.04. The van der Waals surface area contributed by atoms with E-state index < -0.39 is 12.0 Å². The molecule has 2 aromatic rings. The van der Waals surface area contributed by atoms with Gasteiger partial charge in [-0.25, -0.2) is 4.39 Å². The summed E-state index contributed by atoms with van der Waals surface area (Å²) in [6.45, 7) is 1.89. The van der Waals surface area contributed by atoms with Crippen molar-refractivity contribution in [3.05, 3.63) is 71.5 Å². The Bertz CT molecular complexity index is 615. The lowest BCUT2D eigenvalue weighted by molar-refractivity contribution is -0.122. The molecule has 0 aromatic heterocycles. The topological polar surface area (TPSA) is 49.3 Å². The van der Waals surface area contributed by atoms with Gasteiger partial charge in [-0.15, -0.1) is 0 Å². The molecule has 0 aliphatic heterocycles. The highest BCUT2D eigenvalue weighted by Gasteiger charge is 2.16. The number of nitrogens with one attached hydrogen (secondary N) is 1. The predicted octanol–water partition coefficient (Wildman–Crippen LogP) is 2.65. The Morgan fingerprint density at radius 3 is 2.59 bits per heavy atom. The zero-order chi connectivity index (χ0) is 15.9. The minimum atomic E-state index is -0.647. The maximum absolute atomic E-state index is 13.2. The van der Waals surface area contributed by atoms with Crippen molar-refractivity contribution in [1.82, 2.24) is 5.32 Å². The number of carbonyl (C=O) groups excluding carboxylic acids is 1. The number of amides is 1. The maximum Gasteiger partial charge on any atom is 0.227 e. The largest absolute Gasteiger partial charge is 0.391 e. The lowest BCUT2D eigenvalue weighted by atomic mass is 10.00. The fourth-order valence-corrected chi connectivity index (χ4v) is 2.26. The van der Waals surface area contributed by atoms with Gasteiger partial charge in [0.2, 0.25) is 5.91 Å². The first kappa shape index (κ1) is 16.2. The van der Waals surface area contributed by atoms with E-state index in [9.17, 15) is 14.3 Å². The number of hydrogen-bond donors (Lipinski definition) is 2. The Morgan fingerprint density at radius 1 is 1.18 bits per heavy atom. The van der Waals surface area contributed by atoms with Crippen LogP contribution in [0.15, 0.2) is 54.6 Å². The molecule has 22 heavy (non-hydrogen) atoms. The molecule has 2 aromatic carbocycles. The van der Waals surface area contributed by atoms with Crippen LogP contribution in [-0.4, -0.2) is 23.7 Å². The van der Waals surface area contributed by atoms with Gasteiger partial charge in [-0.3, -0.25) is 4.79 Å². The third kappa shape index (κ3) is 4.67. The minimum Gasteiger partial charge on any atom is -0.391 e. The smallest absolute Gasteiger partial charge is 0.227 e. The summed E-state index contributed by atoms with van der Waals surface area (Å²) >= 11 is 0. The summed E-state index contributed by atoms with van der Waals surface area (Å²) in [6.07, 6.45) is -0.166. The fourth-order valence-electron chi connectivity index (χ4n) is 2.26. The zero-order valence-electron chi connectivity index (χ0n) is 12.5. The molecule has 1 amide bonds. The molecule has 2 rings (SSSR count). The van der Waals surface area contributed by atoms with Gasteiger partial charge in [-0.05, 0) is 30.2 Å². The highest BCUT2D eigenvalue weighted by atomic mass is 19.1. The van der Waals surface area contributed by atoms with Gasteiger partial charge >= 0.3 is 0 Å². The van der Waals surface area contributed by atoms with Crippen LogP contribution in [0, 0.1) is 5.82 Å². The van der Waals surface area contributed by atoms with Gasteiger partial charge < -0.3 is 10.4 Å². The first-order chi connectivity index (χ1) is 10.6. The second kappa shape index (κ2) is 7.71. The molecule has 116 valence electrons. The molecule has 0 saturated carbocycles. The molecule has 0 fully saturated rings. The number of carbonyl (C=O) groups is 1. The lowest BCUT2D eigenvalue weighted by Gasteiger charge is -2.15. The van der Waals surface area contributed by atoms with Gasteiger partial charge in [0.25, 0.3) is 0 Å². The highest BCUT2D eigenvalue weighted by Crippen LogP contribution is 2.16. The quantitative estimate of drug-likeness (QED) is 0.862. The van der Waals surface area contributed by atoms with Crippen LogP contribution in [-0.2, 0) is 11.2 Å². The molecular weight excluding hydrogens is 281 g/mol. The maximum atomic E-state index is 13.2. The van der Waals surface area contributed by atoms with Crippen molar-refractivity contribution in [2.24, 2.45) is 0 Å². The van der Waals surface area contributed by atoms with Gasteiger partial charge in [-0.1, -0.05) is 42.5 Å². The molecular formula is C18H20FNO2. The molecule has 2 N–H and O–H groups in total. The Balaban J connectivity index is 1.84. The van der Waals surface area contributed by atoms with E-state index >= 15 is 0 Å². The van der Waals surface area contributed by atoms with Crippen molar-refractivity contribution in [3.8, 4) is 0 Å². The van der Waals surface area contributed by atoms with Crippen molar-refractivity contribution in [3.63, 3.8) is 0 Å². The highest BCUT2D eigenvalue weighted by molar-refractivity contribution is 5.83. The van der Waals surface area contributed by atoms with Gasteiger partial charge in [0.1, 0.15) is 5.82 Å². The lowest BCUT2D eigenvalue weighted by Crippen LogP contribution is -2.35. The number of hydrogen-bond acceptors (Lipinski definition) is 2. The molecule has 0 aliphatic carbocycles. The molecule has 2 atom stereocenters. The molecule has 4 heteroatoms. The van der Waals surface area contributed by atoms with E-state index in [-0.39, 0.29) is 18.3 Å². The third-order valence-corrected chi connectivity index (χ3v) is 3.57. The van der Waals surface area contributed by atoms with Crippen molar-refractivity contribution >= 4 is 5.91 Å². The van der Waals surface area contributed by atoms with E-state index in [4.69, 9.17) is 0 Å². The van der Waals surface area contributed by atoms with Crippen LogP contribution >= 0.6 is 0 Å². The standard InChI is InChI=1S/C18H20FNO2/c1-13(15-8-5-9-16(19)11-15)18(22)20-12-17(21)10-14-6-3-2-4-7-14/h2-9,11,13,17,21H,10,12H2,1H3,(H,20,22). The van der Waals surface area contributed by atoms with E-state index in [0.29, 0.717) is 12.0 Å². The van der Waals surface area contributed by atoms with Gasteiger partial charge in [0.05, 0.1) is 12.0 Å². The van der Waals surface area contributed by atoms with E-state index in [1.807, 2.05) is 30.3 Å². The normalized spacial score (nSPS) is 13.4. The second-order valence-corrected chi connectivity index (χ2v) is 5.37. The summed E-state index contributed by atoms with van der Waals surface area (Å²) in [7, 11) is 0. The summed E-state index contributed by atoms with van der Waals surface area (Å²) in [5.41, 5.74) is 1.64. The van der Waals surface area contributed by atoms with Crippen LogP contribution in [0.3, 0.4) is 0 Å². The molecule has 0 aliphatic rings.